The van der Waals surface area contributed by atoms with Crippen LogP contribution in [0.3, 0.4) is 0 Å². The number of alkyl halides is 6. The van der Waals surface area contributed by atoms with Crippen LogP contribution in [0.4, 0.5) is 37.8 Å². The number of anilines is 2. The Kier molecular flexibility index (Phi) is 6.38. The summed E-state index contributed by atoms with van der Waals surface area (Å²) < 4.78 is 85.0. The van der Waals surface area contributed by atoms with Gasteiger partial charge in [0.2, 0.25) is 6.41 Å². The van der Waals surface area contributed by atoms with Gasteiger partial charge in [-0.25, -0.2) is 15.0 Å². The third kappa shape index (κ3) is 5.67. The van der Waals surface area contributed by atoms with Crippen molar-refractivity contribution in [2.75, 3.05) is 10.4 Å². The van der Waals surface area contributed by atoms with E-state index in [4.69, 9.17) is 10.00 Å². The lowest BCUT2D eigenvalue weighted by Gasteiger charge is -2.22. The fourth-order valence-electron chi connectivity index (χ4n) is 2.58. The zero-order chi connectivity index (χ0) is 24.2. The number of benzene rings is 1. The van der Waals surface area contributed by atoms with E-state index >= 15 is 0 Å². The molecule has 0 saturated carbocycles. The van der Waals surface area contributed by atoms with E-state index in [-0.39, 0.29) is 23.6 Å². The molecule has 0 aliphatic heterocycles. The van der Waals surface area contributed by atoms with Crippen LogP contribution in [0.1, 0.15) is 16.8 Å². The fourth-order valence-corrected chi connectivity index (χ4v) is 2.58. The van der Waals surface area contributed by atoms with E-state index in [1.165, 1.54) is 18.3 Å². The number of aromatic nitrogens is 2. The van der Waals surface area contributed by atoms with E-state index in [2.05, 4.69) is 15.4 Å². The van der Waals surface area contributed by atoms with Gasteiger partial charge >= 0.3 is 12.4 Å². The average Bonchev–Trinajstić information content (AvgIpc) is 2.77. The summed E-state index contributed by atoms with van der Waals surface area (Å²) in [6.07, 6.45) is -7.69. The van der Waals surface area contributed by atoms with Crippen molar-refractivity contribution in [3.05, 3.63) is 71.7 Å². The minimum absolute atomic E-state index is 0.0166. The van der Waals surface area contributed by atoms with Gasteiger partial charge < -0.3 is 4.74 Å². The molecule has 0 bridgehead atoms. The minimum atomic E-state index is -4.92. The summed E-state index contributed by atoms with van der Waals surface area (Å²) in [5.74, 6) is -0.773. The molecule has 7 nitrogen and oxygen atoms in total. The summed E-state index contributed by atoms with van der Waals surface area (Å²) in [6.45, 7) is 0. The number of nitrogens with zero attached hydrogens (tertiary/aromatic N) is 4. The molecule has 2 aromatic heterocycles. The van der Waals surface area contributed by atoms with Crippen LogP contribution >= 0.6 is 0 Å². The van der Waals surface area contributed by atoms with E-state index in [0.29, 0.717) is 23.2 Å². The van der Waals surface area contributed by atoms with Gasteiger partial charge in [0.15, 0.2) is 5.82 Å². The van der Waals surface area contributed by atoms with Crippen molar-refractivity contribution >= 4 is 17.9 Å². The van der Waals surface area contributed by atoms with Crippen LogP contribution < -0.4 is 15.2 Å². The van der Waals surface area contributed by atoms with E-state index in [9.17, 15) is 31.1 Å². The largest absolute Gasteiger partial charge is 0.457 e. The molecule has 13 heteroatoms. The second-order valence-corrected chi connectivity index (χ2v) is 6.28. The standard InChI is InChI=1S/C20H11F6N5O2/c21-19(22,23)12-3-5-29-18(7-12)31(11-32)30-17-2-1-14(9-16(17)20(24,25)26)33-15-4-6-28-13(8-15)10-27/h1-9,11,30H. The highest BCUT2D eigenvalue weighted by atomic mass is 19.4. The first-order valence-electron chi connectivity index (χ1n) is 8.81. The summed E-state index contributed by atoms with van der Waals surface area (Å²) in [5.41, 5.74) is -0.960. The van der Waals surface area contributed by atoms with Crippen LogP contribution in [0.5, 0.6) is 11.5 Å². The quantitative estimate of drug-likeness (QED) is 0.306. The molecular formula is C20H11F6N5O2. The lowest BCUT2D eigenvalue weighted by atomic mass is 10.1. The number of amides is 1. The molecule has 3 aromatic rings. The van der Waals surface area contributed by atoms with Crippen molar-refractivity contribution in [1.82, 2.24) is 9.97 Å². The summed E-state index contributed by atoms with van der Waals surface area (Å²) in [6, 6.07) is 8.13. The average molecular weight is 467 g/mol. The lowest BCUT2D eigenvalue weighted by molar-refractivity contribution is -0.138. The van der Waals surface area contributed by atoms with E-state index in [1.807, 2.05) is 0 Å². The number of rotatable bonds is 6. The third-order valence-electron chi connectivity index (χ3n) is 4.04. The molecule has 0 atom stereocenters. The molecular weight excluding hydrogens is 456 g/mol. The molecule has 0 aliphatic rings. The first-order chi connectivity index (χ1) is 15.5. The molecule has 0 unspecified atom stereocenters. The van der Waals surface area contributed by atoms with Gasteiger partial charge in [-0.2, -0.15) is 31.6 Å². The van der Waals surface area contributed by atoms with Gasteiger partial charge in [0.1, 0.15) is 23.3 Å². The molecule has 0 spiro atoms. The molecule has 0 aliphatic carbocycles. The monoisotopic (exact) mass is 467 g/mol. The van der Waals surface area contributed by atoms with Gasteiger partial charge in [-0.3, -0.25) is 10.2 Å². The molecule has 0 saturated heterocycles. The first-order valence-corrected chi connectivity index (χ1v) is 8.81. The van der Waals surface area contributed by atoms with Crippen molar-refractivity contribution in [1.29, 1.82) is 5.26 Å². The Labute approximate surface area is 181 Å². The predicted molar refractivity (Wildman–Crippen MR) is 102 cm³/mol. The number of hydrogen-bond donors (Lipinski definition) is 1. The van der Waals surface area contributed by atoms with Gasteiger partial charge in [0, 0.05) is 18.5 Å². The van der Waals surface area contributed by atoms with E-state index in [0.717, 1.165) is 18.3 Å². The summed E-state index contributed by atoms with van der Waals surface area (Å²) in [7, 11) is 0. The molecule has 33 heavy (non-hydrogen) atoms. The predicted octanol–water partition coefficient (Wildman–Crippen LogP) is 5.17. The van der Waals surface area contributed by atoms with Gasteiger partial charge in [-0.15, -0.1) is 0 Å². The van der Waals surface area contributed by atoms with E-state index < -0.39 is 35.0 Å². The van der Waals surface area contributed by atoms with Gasteiger partial charge in [0.25, 0.3) is 0 Å². The first kappa shape index (κ1) is 23.3. The van der Waals surface area contributed by atoms with Crippen LogP contribution in [0.2, 0.25) is 0 Å². The highest BCUT2D eigenvalue weighted by Crippen LogP contribution is 2.39. The Morgan fingerprint density at radius 2 is 1.64 bits per heavy atom. The minimum Gasteiger partial charge on any atom is -0.457 e. The third-order valence-corrected chi connectivity index (χ3v) is 4.04. The molecule has 0 radical (unpaired) electrons. The maximum absolute atomic E-state index is 13.6. The van der Waals surface area contributed by atoms with Crippen molar-refractivity contribution in [2.45, 2.75) is 12.4 Å². The number of hydrogen-bond acceptors (Lipinski definition) is 6. The number of ether oxygens (including phenoxy) is 1. The maximum Gasteiger partial charge on any atom is 0.418 e. The Morgan fingerprint density at radius 1 is 0.939 bits per heavy atom. The van der Waals surface area contributed by atoms with Crippen LogP contribution in [0.15, 0.2) is 54.9 Å². The molecule has 1 N–H and O–H groups in total. The molecule has 0 fully saturated rings. The Morgan fingerprint density at radius 3 is 2.27 bits per heavy atom. The number of hydrazine groups is 1. The Hall–Kier alpha value is -4.34. The van der Waals surface area contributed by atoms with Gasteiger partial charge in [-0.05, 0) is 36.4 Å². The SMILES string of the molecule is N#Cc1cc(Oc2ccc(NN(C=O)c3cc(C(F)(F)F)ccn3)c(C(F)(F)F)c2)ccn1. The number of pyridine rings is 2. The zero-order valence-corrected chi connectivity index (χ0v) is 16.1. The molecule has 1 amide bonds. The normalized spacial score (nSPS) is 11.4. The second kappa shape index (κ2) is 9.03. The smallest absolute Gasteiger partial charge is 0.418 e. The van der Waals surface area contributed by atoms with Crippen LogP contribution in [0, 0.1) is 11.3 Å². The van der Waals surface area contributed by atoms with Crippen molar-refractivity contribution in [3.63, 3.8) is 0 Å². The lowest BCUT2D eigenvalue weighted by Crippen LogP contribution is -2.30. The summed E-state index contributed by atoms with van der Waals surface area (Å²) in [4.78, 5) is 18.7. The number of carbonyl (C=O) groups excluding carboxylic acids is 1. The zero-order valence-electron chi connectivity index (χ0n) is 16.1. The van der Waals surface area contributed by atoms with Crippen LogP contribution in [-0.4, -0.2) is 16.4 Å². The summed E-state index contributed by atoms with van der Waals surface area (Å²) >= 11 is 0. The van der Waals surface area contributed by atoms with Crippen molar-refractivity contribution in [2.24, 2.45) is 0 Å². The highest BCUT2D eigenvalue weighted by molar-refractivity contribution is 5.78. The second-order valence-electron chi connectivity index (χ2n) is 6.28. The fraction of sp³-hybridized carbons (Fsp3) is 0.100. The van der Waals surface area contributed by atoms with E-state index in [1.54, 1.807) is 6.07 Å². The van der Waals surface area contributed by atoms with Gasteiger partial charge in [0.05, 0.1) is 16.8 Å². The Bertz CT molecular complexity index is 1210. The number of nitrogens with one attached hydrogen (secondary N) is 1. The van der Waals surface area contributed by atoms with Crippen LogP contribution in [-0.2, 0) is 17.1 Å². The Balaban J connectivity index is 1.93. The number of halogens is 6. The van der Waals surface area contributed by atoms with Gasteiger partial charge in [-0.1, -0.05) is 0 Å². The topological polar surface area (TPSA) is 91.1 Å². The maximum atomic E-state index is 13.6. The van der Waals surface area contributed by atoms with Crippen LogP contribution in [0.25, 0.3) is 0 Å². The van der Waals surface area contributed by atoms with Crippen molar-refractivity contribution < 1.29 is 35.9 Å². The number of nitriles is 1. The highest BCUT2D eigenvalue weighted by Gasteiger charge is 2.35. The summed E-state index contributed by atoms with van der Waals surface area (Å²) in [5, 5.41) is 9.23. The molecule has 1 aromatic carbocycles. The molecule has 170 valence electrons. The molecule has 2 heterocycles. The van der Waals surface area contributed by atoms with Crippen molar-refractivity contribution in [3.8, 4) is 17.6 Å². The molecule has 3 rings (SSSR count). The number of carbonyl (C=O) groups is 1.